The molecule has 0 aliphatic heterocycles. The van der Waals surface area contributed by atoms with Gasteiger partial charge in [-0.05, 0) is 25.1 Å². The molecule has 1 aromatic carbocycles. The number of aromatic carboxylic acids is 1. The normalized spacial score (nSPS) is 9.67. The van der Waals surface area contributed by atoms with Gasteiger partial charge in [0.1, 0.15) is 0 Å². The summed E-state index contributed by atoms with van der Waals surface area (Å²) in [5, 5.41) is 8.90. The molecule has 1 aromatic rings. The van der Waals surface area contributed by atoms with Gasteiger partial charge in [0.05, 0.1) is 30.4 Å². The Hall–Kier alpha value is -2.37. The molecule has 1 rings (SSSR count). The maximum Gasteiger partial charge on any atom is 0.338 e. The molecular formula is C12H12O6. The van der Waals surface area contributed by atoms with Gasteiger partial charge < -0.3 is 14.6 Å². The fourth-order valence-electron chi connectivity index (χ4n) is 1.32. The third-order valence-corrected chi connectivity index (χ3v) is 2.11. The molecule has 0 radical (unpaired) electrons. The topological polar surface area (TPSA) is 89.9 Å². The van der Waals surface area contributed by atoms with Crippen molar-refractivity contribution in [3.63, 3.8) is 0 Å². The van der Waals surface area contributed by atoms with Crippen LogP contribution >= 0.6 is 0 Å². The third-order valence-electron chi connectivity index (χ3n) is 2.11. The number of ether oxygens (including phenoxy) is 2. The summed E-state index contributed by atoms with van der Waals surface area (Å²) in [5.74, 6) is -2.65. The maximum atomic E-state index is 11.5. The van der Waals surface area contributed by atoms with Crippen LogP contribution in [-0.2, 0) is 9.47 Å². The monoisotopic (exact) mass is 252 g/mol. The zero-order valence-electron chi connectivity index (χ0n) is 9.93. The van der Waals surface area contributed by atoms with Crippen molar-refractivity contribution in [3.05, 3.63) is 34.9 Å². The number of methoxy groups -OCH3 is 1. The van der Waals surface area contributed by atoms with Crippen LogP contribution in [-0.4, -0.2) is 36.7 Å². The van der Waals surface area contributed by atoms with Gasteiger partial charge >= 0.3 is 17.9 Å². The highest BCUT2D eigenvalue weighted by Gasteiger charge is 2.16. The van der Waals surface area contributed by atoms with Gasteiger partial charge in [0.2, 0.25) is 0 Å². The molecule has 0 saturated heterocycles. The highest BCUT2D eigenvalue weighted by molar-refractivity contribution is 5.99. The summed E-state index contributed by atoms with van der Waals surface area (Å²) in [5.41, 5.74) is -0.196. The fourth-order valence-corrected chi connectivity index (χ4v) is 1.32. The van der Waals surface area contributed by atoms with Gasteiger partial charge in [0.25, 0.3) is 0 Å². The molecule has 6 nitrogen and oxygen atoms in total. The lowest BCUT2D eigenvalue weighted by molar-refractivity contribution is 0.0526. The first-order valence-corrected chi connectivity index (χ1v) is 5.13. The Morgan fingerprint density at radius 2 is 1.56 bits per heavy atom. The molecule has 0 saturated carbocycles. The first-order valence-electron chi connectivity index (χ1n) is 5.13. The molecular weight excluding hydrogens is 240 g/mol. The van der Waals surface area contributed by atoms with Crippen molar-refractivity contribution in [1.82, 2.24) is 0 Å². The van der Waals surface area contributed by atoms with E-state index in [1.165, 1.54) is 13.2 Å². The SMILES string of the molecule is CCOC(=O)c1cc(C(=O)O)cc(C(=O)OC)c1. The van der Waals surface area contributed by atoms with Gasteiger partial charge in [0, 0.05) is 0 Å². The largest absolute Gasteiger partial charge is 0.478 e. The van der Waals surface area contributed by atoms with E-state index >= 15 is 0 Å². The van der Waals surface area contributed by atoms with Crippen LogP contribution in [0.1, 0.15) is 38.0 Å². The van der Waals surface area contributed by atoms with Crippen LogP contribution in [0.4, 0.5) is 0 Å². The van der Waals surface area contributed by atoms with Crippen LogP contribution in [0, 0.1) is 0 Å². The minimum absolute atomic E-state index is 0.00264. The van der Waals surface area contributed by atoms with Crippen molar-refractivity contribution in [3.8, 4) is 0 Å². The van der Waals surface area contributed by atoms with Crippen LogP contribution < -0.4 is 0 Å². The average Bonchev–Trinajstić information content (AvgIpc) is 2.37. The standard InChI is InChI=1S/C12H12O6/c1-3-18-12(16)9-5-7(10(13)14)4-8(6-9)11(15)17-2/h4-6H,3H2,1-2H3,(H,13,14). The van der Waals surface area contributed by atoms with Gasteiger partial charge in [-0.25, -0.2) is 14.4 Å². The summed E-state index contributed by atoms with van der Waals surface area (Å²) < 4.78 is 9.23. The molecule has 96 valence electrons. The smallest absolute Gasteiger partial charge is 0.338 e. The van der Waals surface area contributed by atoms with E-state index in [9.17, 15) is 14.4 Å². The number of carbonyl (C=O) groups excluding carboxylic acids is 2. The Morgan fingerprint density at radius 3 is 2.00 bits per heavy atom. The van der Waals surface area contributed by atoms with Gasteiger partial charge in [-0.2, -0.15) is 0 Å². The number of carboxylic acids is 1. The predicted molar refractivity (Wildman–Crippen MR) is 60.7 cm³/mol. The van der Waals surface area contributed by atoms with Gasteiger partial charge in [-0.1, -0.05) is 0 Å². The van der Waals surface area contributed by atoms with E-state index in [4.69, 9.17) is 9.84 Å². The molecule has 6 heteroatoms. The number of carboxylic acid groups (broad SMARTS) is 1. The molecule has 0 heterocycles. The Kier molecular flexibility index (Phi) is 4.42. The second kappa shape index (κ2) is 5.81. The highest BCUT2D eigenvalue weighted by atomic mass is 16.5. The van der Waals surface area contributed by atoms with Crippen molar-refractivity contribution in [2.24, 2.45) is 0 Å². The van der Waals surface area contributed by atoms with Crippen LogP contribution in [0.15, 0.2) is 18.2 Å². The Balaban J connectivity index is 3.26. The van der Waals surface area contributed by atoms with E-state index in [-0.39, 0.29) is 23.3 Å². The molecule has 0 aliphatic rings. The van der Waals surface area contributed by atoms with E-state index < -0.39 is 17.9 Å². The lowest BCUT2D eigenvalue weighted by Gasteiger charge is -2.06. The zero-order valence-corrected chi connectivity index (χ0v) is 9.93. The number of benzene rings is 1. The lowest BCUT2D eigenvalue weighted by Crippen LogP contribution is -2.11. The molecule has 0 aromatic heterocycles. The van der Waals surface area contributed by atoms with Crippen molar-refractivity contribution in [2.45, 2.75) is 6.92 Å². The van der Waals surface area contributed by atoms with Crippen molar-refractivity contribution >= 4 is 17.9 Å². The first kappa shape index (κ1) is 13.7. The fraction of sp³-hybridized carbons (Fsp3) is 0.250. The molecule has 1 N–H and O–H groups in total. The molecule has 0 fully saturated rings. The molecule has 18 heavy (non-hydrogen) atoms. The number of rotatable bonds is 4. The summed E-state index contributed by atoms with van der Waals surface area (Å²) in [6, 6.07) is 3.51. The Bertz CT molecular complexity index is 491. The van der Waals surface area contributed by atoms with Gasteiger partial charge in [-0.3, -0.25) is 0 Å². The van der Waals surface area contributed by atoms with E-state index in [1.54, 1.807) is 6.92 Å². The van der Waals surface area contributed by atoms with Crippen LogP contribution in [0.5, 0.6) is 0 Å². The van der Waals surface area contributed by atoms with E-state index in [2.05, 4.69) is 4.74 Å². The molecule has 0 aliphatic carbocycles. The number of hydrogen-bond donors (Lipinski definition) is 1. The first-order chi connectivity index (χ1) is 8.49. The summed E-state index contributed by atoms with van der Waals surface area (Å²) in [6.45, 7) is 1.78. The molecule has 0 atom stereocenters. The molecule has 0 amide bonds. The minimum atomic E-state index is -1.24. The van der Waals surface area contributed by atoms with Crippen LogP contribution in [0.25, 0.3) is 0 Å². The summed E-state index contributed by atoms with van der Waals surface area (Å²) in [4.78, 5) is 33.8. The van der Waals surface area contributed by atoms with Crippen LogP contribution in [0.2, 0.25) is 0 Å². The van der Waals surface area contributed by atoms with Crippen molar-refractivity contribution < 1.29 is 29.0 Å². The Morgan fingerprint density at radius 1 is 1.06 bits per heavy atom. The molecule has 0 unspecified atom stereocenters. The Labute approximate surface area is 103 Å². The quantitative estimate of drug-likeness (QED) is 0.813. The number of hydrogen-bond acceptors (Lipinski definition) is 5. The van der Waals surface area contributed by atoms with Gasteiger partial charge in [-0.15, -0.1) is 0 Å². The molecule has 0 spiro atoms. The second-order valence-electron chi connectivity index (χ2n) is 3.32. The number of carbonyl (C=O) groups is 3. The number of esters is 2. The predicted octanol–water partition coefficient (Wildman–Crippen LogP) is 1.35. The van der Waals surface area contributed by atoms with Crippen molar-refractivity contribution in [2.75, 3.05) is 13.7 Å². The summed E-state index contributed by atoms with van der Waals surface area (Å²) in [7, 11) is 1.17. The minimum Gasteiger partial charge on any atom is -0.478 e. The van der Waals surface area contributed by atoms with Crippen LogP contribution in [0.3, 0.4) is 0 Å². The lowest BCUT2D eigenvalue weighted by atomic mass is 10.1. The summed E-state index contributed by atoms with van der Waals surface area (Å²) in [6.07, 6.45) is 0. The average molecular weight is 252 g/mol. The highest BCUT2D eigenvalue weighted by Crippen LogP contribution is 2.13. The molecule has 0 bridgehead atoms. The van der Waals surface area contributed by atoms with Gasteiger partial charge in [0.15, 0.2) is 0 Å². The summed E-state index contributed by atoms with van der Waals surface area (Å²) >= 11 is 0. The van der Waals surface area contributed by atoms with Crippen molar-refractivity contribution in [1.29, 1.82) is 0 Å². The zero-order chi connectivity index (χ0) is 13.7. The third kappa shape index (κ3) is 3.07. The second-order valence-corrected chi connectivity index (χ2v) is 3.32. The van der Waals surface area contributed by atoms with E-state index in [0.717, 1.165) is 12.1 Å². The maximum absolute atomic E-state index is 11.5. The van der Waals surface area contributed by atoms with E-state index in [1.807, 2.05) is 0 Å². The van der Waals surface area contributed by atoms with E-state index in [0.29, 0.717) is 0 Å².